The Morgan fingerprint density at radius 1 is 1.19 bits per heavy atom. The predicted octanol–water partition coefficient (Wildman–Crippen LogP) is 1.58. The molecule has 16 heavy (non-hydrogen) atoms. The lowest BCUT2D eigenvalue weighted by Gasteiger charge is -2.04. The van der Waals surface area contributed by atoms with Gasteiger partial charge in [0.15, 0.2) is 0 Å². The van der Waals surface area contributed by atoms with Gasteiger partial charge in [-0.1, -0.05) is 39.0 Å². The van der Waals surface area contributed by atoms with Crippen molar-refractivity contribution in [3.05, 3.63) is 0 Å². The average Bonchev–Trinajstić information content (AvgIpc) is 2.30. The number of hydrogen-bond donors (Lipinski definition) is 2. The van der Waals surface area contributed by atoms with Crippen molar-refractivity contribution in [2.75, 3.05) is 19.6 Å². The first-order valence-corrected chi connectivity index (χ1v) is 6.15. The number of carbonyl (C=O) groups is 1. The SMILES string of the molecule is CCCCCCCCNCC(=O)NCC#N. The van der Waals surface area contributed by atoms with Crippen molar-refractivity contribution in [1.82, 2.24) is 10.6 Å². The third-order valence-corrected chi connectivity index (χ3v) is 2.36. The molecule has 0 rings (SSSR count). The van der Waals surface area contributed by atoms with Gasteiger partial charge in [0.2, 0.25) is 5.91 Å². The molecule has 0 aromatic rings. The first-order valence-electron chi connectivity index (χ1n) is 6.15. The molecule has 92 valence electrons. The zero-order valence-corrected chi connectivity index (χ0v) is 10.2. The molecule has 0 unspecified atom stereocenters. The number of amides is 1. The van der Waals surface area contributed by atoms with Crippen molar-refractivity contribution < 1.29 is 4.79 Å². The summed E-state index contributed by atoms with van der Waals surface area (Å²) in [4.78, 5) is 11.1. The minimum Gasteiger partial charge on any atom is -0.342 e. The van der Waals surface area contributed by atoms with Crippen molar-refractivity contribution in [2.24, 2.45) is 0 Å². The van der Waals surface area contributed by atoms with Crippen LogP contribution in [0.5, 0.6) is 0 Å². The first kappa shape index (κ1) is 14.9. The van der Waals surface area contributed by atoms with Gasteiger partial charge in [0, 0.05) is 0 Å². The predicted molar refractivity (Wildman–Crippen MR) is 64.9 cm³/mol. The molecule has 4 nitrogen and oxygen atoms in total. The van der Waals surface area contributed by atoms with Crippen LogP contribution < -0.4 is 10.6 Å². The van der Waals surface area contributed by atoms with Crippen molar-refractivity contribution in [3.63, 3.8) is 0 Å². The summed E-state index contributed by atoms with van der Waals surface area (Å²) in [5, 5.41) is 13.8. The van der Waals surface area contributed by atoms with E-state index in [-0.39, 0.29) is 12.5 Å². The van der Waals surface area contributed by atoms with E-state index in [2.05, 4.69) is 17.6 Å². The second-order valence-corrected chi connectivity index (χ2v) is 3.88. The Balaban J connectivity index is 3.09. The molecule has 0 aliphatic carbocycles. The molecule has 0 saturated heterocycles. The summed E-state index contributed by atoms with van der Waals surface area (Å²) in [6.45, 7) is 3.50. The molecule has 0 fully saturated rings. The lowest BCUT2D eigenvalue weighted by Crippen LogP contribution is -2.34. The van der Waals surface area contributed by atoms with Gasteiger partial charge in [-0.05, 0) is 13.0 Å². The summed E-state index contributed by atoms with van der Waals surface area (Å²) in [5.74, 6) is -0.104. The molecule has 1 amide bonds. The van der Waals surface area contributed by atoms with Crippen LogP contribution in [0, 0.1) is 11.3 Å². The van der Waals surface area contributed by atoms with Gasteiger partial charge in [0.05, 0.1) is 12.6 Å². The van der Waals surface area contributed by atoms with E-state index < -0.39 is 0 Å². The normalized spacial score (nSPS) is 9.75. The summed E-state index contributed by atoms with van der Waals surface area (Å²) < 4.78 is 0. The highest BCUT2D eigenvalue weighted by atomic mass is 16.1. The van der Waals surface area contributed by atoms with Gasteiger partial charge in [-0.15, -0.1) is 0 Å². The van der Waals surface area contributed by atoms with Gasteiger partial charge < -0.3 is 10.6 Å². The van der Waals surface area contributed by atoms with E-state index in [1.165, 1.54) is 32.1 Å². The molecule has 0 aliphatic heterocycles. The topological polar surface area (TPSA) is 64.9 Å². The number of hydrogen-bond acceptors (Lipinski definition) is 3. The van der Waals surface area contributed by atoms with Crippen LogP contribution in [-0.4, -0.2) is 25.5 Å². The summed E-state index contributed by atoms with van der Waals surface area (Å²) in [7, 11) is 0. The van der Waals surface area contributed by atoms with E-state index in [0.717, 1.165) is 13.0 Å². The molecule has 0 bridgehead atoms. The molecule has 0 radical (unpaired) electrons. The Labute approximate surface area is 98.4 Å². The van der Waals surface area contributed by atoms with Crippen LogP contribution >= 0.6 is 0 Å². The van der Waals surface area contributed by atoms with Gasteiger partial charge in [-0.2, -0.15) is 5.26 Å². The molecular formula is C12H23N3O. The smallest absolute Gasteiger partial charge is 0.234 e. The number of carbonyl (C=O) groups excluding carboxylic acids is 1. The van der Waals surface area contributed by atoms with E-state index >= 15 is 0 Å². The van der Waals surface area contributed by atoms with E-state index in [1.54, 1.807) is 0 Å². The van der Waals surface area contributed by atoms with Crippen molar-refractivity contribution in [3.8, 4) is 6.07 Å². The number of nitrogens with one attached hydrogen (secondary N) is 2. The summed E-state index contributed by atoms with van der Waals surface area (Å²) in [5.41, 5.74) is 0. The fourth-order valence-corrected chi connectivity index (χ4v) is 1.43. The van der Waals surface area contributed by atoms with E-state index in [9.17, 15) is 4.79 Å². The molecule has 0 saturated carbocycles. The molecule has 0 aromatic carbocycles. The van der Waals surface area contributed by atoms with Crippen LogP contribution in [0.4, 0.5) is 0 Å². The molecule has 4 heteroatoms. The maximum absolute atomic E-state index is 11.1. The molecular weight excluding hydrogens is 202 g/mol. The third-order valence-electron chi connectivity index (χ3n) is 2.36. The molecule has 0 aliphatic rings. The molecule has 0 aromatic heterocycles. The van der Waals surface area contributed by atoms with Crippen LogP contribution in [0.15, 0.2) is 0 Å². The Bertz CT molecular complexity index is 211. The van der Waals surface area contributed by atoms with Crippen LogP contribution in [0.25, 0.3) is 0 Å². The maximum atomic E-state index is 11.1. The number of nitriles is 1. The second-order valence-electron chi connectivity index (χ2n) is 3.88. The highest BCUT2D eigenvalue weighted by Crippen LogP contribution is 2.03. The summed E-state index contributed by atoms with van der Waals surface area (Å²) >= 11 is 0. The van der Waals surface area contributed by atoms with Crippen molar-refractivity contribution >= 4 is 5.91 Å². The highest BCUT2D eigenvalue weighted by Gasteiger charge is 1.97. The van der Waals surface area contributed by atoms with Crippen LogP contribution in [0.1, 0.15) is 45.4 Å². The highest BCUT2D eigenvalue weighted by molar-refractivity contribution is 5.78. The van der Waals surface area contributed by atoms with E-state index in [0.29, 0.717) is 6.54 Å². The monoisotopic (exact) mass is 225 g/mol. The summed E-state index contributed by atoms with van der Waals surface area (Å²) in [6.07, 6.45) is 7.55. The Morgan fingerprint density at radius 2 is 1.88 bits per heavy atom. The zero-order valence-electron chi connectivity index (χ0n) is 10.2. The average molecular weight is 225 g/mol. The standard InChI is InChI=1S/C12H23N3O/c1-2-3-4-5-6-7-9-14-11-12(16)15-10-8-13/h14H,2-7,9-11H2,1H3,(H,15,16). The quantitative estimate of drug-likeness (QED) is 0.438. The second kappa shape index (κ2) is 12.0. The van der Waals surface area contributed by atoms with Crippen molar-refractivity contribution in [2.45, 2.75) is 45.4 Å². The minimum absolute atomic E-state index is 0.0948. The Kier molecular flexibility index (Phi) is 11.2. The maximum Gasteiger partial charge on any atom is 0.234 e. The third kappa shape index (κ3) is 11.0. The lowest BCUT2D eigenvalue weighted by molar-refractivity contribution is -0.120. The number of nitrogens with zero attached hydrogens (tertiary/aromatic N) is 1. The van der Waals surface area contributed by atoms with Crippen molar-refractivity contribution in [1.29, 1.82) is 5.26 Å². The van der Waals surface area contributed by atoms with Gasteiger partial charge in [-0.3, -0.25) is 4.79 Å². The molecule has 2 N–H and O–H groups in total. The van der Waals surface area contributed by atoms with Crippen LogP contribution in [0.3, 0.4) is 0 Å². The molecule has 0 heterocycles. The van der Waals surface area contributed by atoms with E-state index in [4.69, 9.17) is 5.26 Å². The van der Waals surface area contributed by atoms with Gasteiger partial charge in [-0.25, -0.2) is 0 Å². The Morgan fingerprint density at radius 3 is 2.56 bits per heavy atom. The number of rotatable bonds is 10. The van der Waals surface area contributed by atoms with Gasteiger partial charge in [0.1, 0.15) is 6.54 Å². The van der Waals surface area contributed by atoms with Crippen LogP contribution in [0.2, 0.25) is 0 Å². The Hall–Kier alpha value is -1.08. The minimum atomic E-state index is -0.104. The fourth-order valence-electron chi connectivity index (χ4n) is 1.43. The lowest BCUT2D eigenvalue weighted by atomic mass is 10.1. The zero-order chi connectivity index (χ0) is 12.1. The largest absolute Gasteiger partial charge is 0.342 e. The summed E-state index contributed by atoms with van der Waals surface area (Å²) in [6, 6.07) is 1.87. The molecule has 0 spiro atoms. The van der Waals surface area contributed by atoms with Crippen LogP contribution in [-0.2, 0) is 4.79 Å². The fraction of sp³-hybridized carbons (Fsp3) is 0.833. The number of unbranched alkanes of at least 4 members (excludes halogenated alkanes) is 5. The van der Waals surface area contributed by atoms with Gasteiger partial charge >= 0.3 is 0 Å². The molecule has 0 atom stereocenters. The van der Waals surface area contributed by atoms with Gasteiger partial charge in [0.25, 0.3) is 0 Å². The first-order chi connectivity index (χ1) is 7.81. The van der Waals surface area contributed by atoms with E-state index in [1.807, 2.05) is 6.07 Å².